The van der Waals surface area contributed by atoms with Gasteiger partial charge in [-0.25, -0.2) is 0 Å². The molecule has 2 heterocycles. The number of hydrogen-bond donors (Lipinski definition) is 1. The third-order valence-electron chi connectivity index (χ3n) is 7.38. The van der Waals surface area contributed by atoms with E-state index in [0.717, 1.165) is 53.9 Å². The van der Waals surface area contributed by atoms with Crippen LogP contribution < -0.4 is 10.5 Å². The minimum Gasteiger partial charge on any atom is -0.492 e. The smallest absolute Gasteiger partial charge is 0.247 e. The molecule has 0 unspecified atom stereocenters. The third-order valence-corrected chi connectivity index (χ3v) is 7.38. The van der Waals surface area contributed by atoms with Crippen LogP contribution in [0.4, 0.5) is 0 Å². The Hall–Kier alpha value is -3.37. The molecule has 1 saturated heterocycles. The van der Waals surface area contributed by atoms with E-state index in [2.05, 4.69) is 42.5 Å². The van der Waals surface area contributed by atoms with Crippen LogP contribution in [0.15, 0.2) is 72.8 Å². The zero-order valence-corrected chi connectivity index (χ0v) is 18.0. The molecule has 0 atom stereocenters. The molecule has 1 aliphatic carbocycles. The summed E-state index contributed by atoms with van der Waals surface area (Å²) < 4.78 is 6.02. The molecule has 4 nitrogen and oxygen atoms in total. The number of rotatable bonds is 2. The van der Waals surface area contributed by atoms with Crippen molar-refractivity contribution in [1.82, 2.24) is 4.90 Å². The number of piperidine rings is 1. The molecule has 160 valence electrons. The Bertz CT molecular complexity index is 1200. The quantitative estimate of drug-likeness (QED) is 0.484. The van der Waals surface area contributed by atoms with Crippen molar-refractivity contribution >= 4 is 11.5 Å². The van der Waals surface area contributed by atoms with Crippen molar-refractivity contribution < 1.29 is 9.53 Å². The molecule has 32 heavy (non-hydrogen) atoms. The zero-order chi connectivity index (χ0) is 21.7. The molecule has 1 amide bonds. The molecule has 1 spiro atoms. The molecule has 4 heteroatoms. The molecule has 0 bridgehead atoms. The highest BCUT2D eigenvalue weighted by Crippen LogP contribution is 2.47. The molecular formula is C28H26N2O2. The Morgan fingerprint density at radius 3 is 2.19 bits per heavy atom. The number of ether oxygens (including phenoxy) is 1. The van der Waals surface area contributed by atoms with Gasteiger partial charge in [0.05, 0.1) is 6.61 Å². The molecule has 0 radical (unpaired) electrons. The first-order valence-corrected chi connectivity index (χ1v) is 11.3. The van der Waals surface area contributed by atoms with Crippen LogP contribution >= 0.6 is 0 Å². The Morgan fingerprint density at radius 1 is 0.938 bits per heavy atom. The van der Waals surface area contributed by atoms with Crippen molar-refractivity contribution in [2.45, 2.75) is 24.8 Å². The molecule has 2 aliphatic heterocycles. The number of nitrogens with zero attached hydrogens (tertiary/aromatic N) is 1. The Morgan fingerprint density at radius 2 is 1.56 bits per heavy atom. The molecule has 3 aromatic carbocycles. The van der Waals surface area contributed by atoms with Crippen LogP contribution in [-0.4, -0.2) is 30.5 Å². The van der Waals surface area contributed by atoms with E-state index >= 15 is 0 Å². The summed E-state index contributed by atoms with van der Waals surface area (Å²) in [6.45, 7) is 2.70. The van der Waals surface area contributed by atoms with Gasteiger partial charge in [-0.05, 0) is 52.3 Å². The maximum Gasteiger partial charge on any atom is 0.247 e. The lowest BCUT2D eigenvalue weighted by Crippen LogP contribution is -2.45. The minimum atomic E-state index is -0.00298. The second-order valence-electron chi connectivity index (χ2n) is 9.08. The summed E-state index contributed by atoms with van der Waals surface area (Å²) in [7, 11) is 0. The molecule has 3 aliphatic rings. The zero-order valence-electron chi connectivity index (χ0n) is 18.0. The summed E-state index contributed by atoms with van der Waals surface area (Å²) >= 11 is 0. The van der Waals surface area contributed by atoms with Gasteiger partial charge in [-0.2, -0.15) is 0 Å². The number of carbonyl (C=O) groups excluding carboxylic acids is 1. The standard InChI is InChI=1S/C28H26N2O2/c29-17-19-9-10-26-25(15-19)28(18-32-26)11-13-30(14-12-28)27(31)16-24-22-7-3-1-5-20(22)21-6-2-4-8-23(21)24/h1-10,15-16H,11-14,17-18,29H2. The van der Waals surface area contributed by atoms with Gasteiger partial charge in [0, 0.05) is 36.7 Å². The van der Waals surface area contributed by atoms with E-state index < -0.39 is 0 Å². The Labute approximate surface area is 188 Å². The first kappa shape index (κ1) is 19.3. The fourth-order valence-corrected chi connectivity index (χ4v) is 5.53. The summed E-state index contributed by atoms with van der Waals surface area (Å²) in [5.74, 6) is 1.07. The summed E-state index contributed by atoms with van der Waals surface area (Å²) in [5.41, 5.74) is 14.0. The third kappa shape index (κ3) is 2.90. The van der Waals surface area contributed by atoms with E-state index in [-0.39, 0.29) is 11.3 Å². The van der Waals surface area contributed by atoms with Gasteiger partial charge in [0.25, 0.3) is 0 Å². The number of carbonyl (C=O) groups is 1. The van der Waals surface area contributed by atoms with Gasteiger partial charge in [-0.1, -0.05) is 60.7 Å². The lowest BCUT2D eigenvalue weighted by Gasteiger charge is -2.38. The summed E-state index contributed by atoms with van der Waals surface area (Å²) in [5, 5.41) is 0. The molecule has 2 N–H and O–H groups in total. The van der Waals surface area contributed by atoms with Gasteiger partial charge in [0.15, 0.2) is 0 Å². The first-order valence-electron chi connectivity index (χ1n) is 11.3. The van der Waals surface area contributed by atoms with Crippen LogP contribution in [0.3, 0.4) is 0 Å². The van der Waals surface area contributed by atoms with Gasteiger partial charge in [-0.3, -0.25) is 4.79 Å². The second kappa shape index (κ2) is 7.35. The van der Waals surface area contributed by atoms with Crippen LogP contribution in [0.5, 0.6) is 5.75 Å². The van der Waals surface area contributed by atoms with E-state index in [9.17, 15) is 4.79 Å². The topological polar surface area (TPSA) is 55.6 Å². The molecule has 3 aromatic rings. The summed E-state index contributed by atoms with van der Waals surface area (Å²) in [6, 6.07) is 23.0. The molecule has 0 saturated carbocycles. The van der Waals surface area contributed by atoms with Crippen molar-refractivity contribution in [3.8, 4) is 16.9 Å². The fourth-order valence-electron chi connectivity index (χ4n) is 5.53. The summed E-state index contributed by atoms with van der Waals surface area (Å²) in [4.78, 5) is 15.3. The van der Waals surface area contributed by atoms with Crippen LogP contribution in [0.1, 0.15) is 35.1 Å². The van der Waals surface area contributed by atoms with Gasteiger partial charge in [0.1, 0.15) is 5.75 Å². The highest BCUT2D eigenvalue weighted by atomic mass is 16.5. The first-order chi connectivity index (χ1) is 15.7. The number of nitrogens with two attached hydrogens (primary N) is 1. The van der Waals surface area contributed by atoms with Crippen molar-refractivity contribution in [2.75, 3.05) is 19.7 Å². The van der Waals surface area contributed by atoms with Gasteiger partial charge >= 0.3 is 0 Å². The monoisotopic (exact) mass is 422 g/mol. The van der Waals surface area contributed by atoms with Crippen LogP contribution in [0.2, 0.25) is 0 Å². The number of likely N-dealkylation sites (tertiary alicyclic amines) is 1. The maximum atomic E-state index is 13.3. The molecule has 6 rings (SSSR count). The fraction of sp³-hybridized carbons (Fsp3) is 0.250. The van der Waals surface area contributed by atoms with Crippen molar-refractivity contribution in [2.24, 2.45) is 5.73 Å². The van der Waals surface area contributed by atoms with Crippen molar-refractivity contribution in [1.29, 1.82) is 0 Å². The SMILES string of the molecule is NCc1ccc2c(c1)C1(CCN(C(=O)C=C3c4ccccc4-c4ccccc43)CC1)CO2. The maximum absolute atomic E-state index is 13.3. The molecule has 0 aromatic heterocycles. The van der Waals surface area contributed by atoms with Crippen LogP contribution in [0, 0.1) is 0 Å². The van der Waals surface area contributed by atoms with E-state index in [1.165, 1.54) is 16.7 Å². The Balaban J connectivity index is 1.26. The van der Waals surface area contributed by atoms with Crippen LogP contribution in [0.25, 0.3) is 16.7 Å². The van der Waals surface area contributed by atoms with E-state index in [4.69, 9.17) is 10.5 Å². The number of hydrogen-bond acceptors (Lipinski definition) is 3. The lowest BCUT2D eigenvalue weighted by atomic mass is 9.74. The van der Waals surface area contributed by atoms with Gasteiger partial charge < -0.3 is 15.4 Å². The normalized spacial score (nSPS) is 17.5. The van der Waals surface area contributed by atoms with Gasteiger partial charge in [-0.15, -0.1) is 0 Å². The number of fused-ring (bicyclic) bond motifs is 5. The predicted molar refractivity (Wildman–Crippen MR) is 126 cm³/mol. The van der Waals surface area contributed by atoms with Crippen molar-refractivity contribution in [3.63, 3.8) is 0 Å². The van der Waals surface area contributed by atoms with E-state index in [0.29, 0.717) is 13.2 Å². The predicted octanol–water partition coefficient (Wildman–Crippen LogP) is 4.51. The summed E-state index contributed by atoms with van der Waals surface area (Å²) in [6.07, 6.45) is 3.67. The van der Waals surface area contributed by atoms with Gasteiger partial charge in [0.2, 0.25) is 5.91 Å². The molecule has 1 fully saturated rings. The van der Waals surface area contributed by atoms with E-state index in [1.54, 1.807) is 0 Å². The average Bonchev–Trinajstić information content (AvgIpc) is 3.35. The van der Waals surface area contributed by atoms with Crippen LogP contribution in [-0.2, 0) is 16.8 Å². The largest absolute Gasteiger partial charge is 0.492 e. The second-order valence-corrected chi connectivity index (χ2v) is 9.08. The highest BCUT2D eigenvalue weighted by Gasteiger charge is 2.43. The lowest BCUT2D eigenvalue weighted by molar-refractivity contribution is -0.127. The number of benzene rings is 3. The average molecular weight is 423 g/mol. The molecular weight excluding hydrogens is 396 g/mol. The Kier molecular flexibility index (Phi) is 4.44. The number of amides is 1. The van der Waals surface area contributed by atoms with E-state index in [1.807, 2.05) is 35.2 Å². The highest BCUT2D eigenvalue weighted by molar-refractivity contribution is 6.08. The van der Waals surface area contributed by atoms with Crippen molar-refractivity contribution in [3.05, 3.63) is 95.1 Å². The minimum absolute atomic E-state index is 0.00298.